The number of hydrogen-bond acceptors (Lipinski definition) is 3. The standard InChI is InChI=1S/C8H9NO3S.W/c1-9-8(10)6-3-2-4-7(5-6)13(11)12;/h2-5H,1H3,(H,9,10)(H,11,12);/p-1. The second-order valence-corrected chi connectivity index (χ2v) is 3.28. The Kier molecular flexibility index (Phi) is 5.84. The van der Waals surface area contributed by atoms with E-state index in [1.54, 1.807) is 6.07 Å². The van der Waals surface area contributed by atoms with Crippen LogP contribution in [-0.4, -0.2) is 21.7 Å². The SMILES string of the molecule is CNC(=O)c1cccc(S(=O)[O-])c1.[W]. The molecule has 1 amide bonds. The third-order valence-electron chi connectivity index (χ3n) is 1.52. The monoisotopic (exact) mass is 382 g/mol. The van der Waals surface area contributed by atoms with Gasteiger partial charge in [-0.2, -0.15) is 0 Å². The van der Waals surface area contributed by atoms with E-state index in [-0.39, 0.29) is 31.9 Å². The molecule has 1 atom stereocenters. The van der Waals surface area contributed by atoms with Gasteiger partial charge in [0.15, 0.2) is 0 Å². The Labute approximate surface area is 98.6 Å². The fourth-order valence-corrected chi connectivity index (χ4v) is 1.30. The van der Waals surface area contributed by atoms with Crippen LogP contribution in [-0.2, 0) is 32.1 Å². The second kappa shape index (κ2) is 6.06. The number of benzene rings is 1. The van der Waals surface area contributed by atoms with Gasteiger partial charge in [-0.3, -0.25) is 9.00 Å². The van der Waals surface area contributed by atoms with Crippen molar-refractivity contribution in [2.75, 3.05) is 7.05 Å². The van der Waals surface area contributed by atoms with E-state index in [0.717, 1.165) is 0 Å². The average molecular weight is 382 g/mol. The topological polar surface area (TPSA) is 69.2 Å². The number of nitrogens with one attached hydrogen (secondary N) is 1. The van der Waals surface area contributed by atoms with E-state index in [9.17, 15) is 13.6 Å². The summed E-state index contributed by atoms with van der Waals surface area (Å²) in [6.07, 6.45) is 0. The van der Waals surface area contributed by atoms with E-state index in [1.165, 1.54) is 25.2 Å². The Balaban J connectivity index is 0.00000169. The summed E-state index contributed by atoms with van der Waals surface area (Å²) in [6.45, 7) is 0. The van der Waals surface area contributed by atoms with Crippen LogP contribution in [0.5, 0.6) is 0 Å². The van der Waals surface area contributed by atoms with E-state index in [1.807, 2.05) is 0 Å². The van der Waals surface area contributed by atoms with Gasteiger partial charge in [-0.15, -0.1) is 0 Å². The van der Waals surface area contributed by atoms with Gasteiger partial charge in [0.1, 0.15) is 0 Å². The van der Waals surface area contributed by atoms with Crippen LogP contribution in [0.3, 0.4) is 0 Å². The summed E-state index contributed by atoms with van der Waals surface area (Å²) in [7, 11) is 1.49. The van der Waals surface area contributed by atoms with Gasteiger partial charge < -0.3 is 9.87 Å². The Morgan fingerprint density at radius 2 is 2.14 bits per heavy atom. The summed E-state index contributed by atoms with van der Waals surface area (Å²) < 4.78 is 21.1. The van der Waals surface area contributed by atoms with E-state index < -0.39 is 11.1 Å². The van der Waals surface area contributed by atoms with Crippen molar-refractivity contribution in [2.45, 2.75) is 4.90 Å². The molecule has 1 N–H and O–H groups in total. The quantitative estimate of drug-likeness (QED) is 0.748. The van der Waals surface area contributed by atoms with Crippen LogP contribution in [0, 0.1) is 0 Å². The molecule has 0 saturated heterocycles. The van der Waals surface area contributed by atoms with Crippen molar-refractivity contribution in [1.82, 2.24) is 5.32 Å². The van der Waals surface area contributed by atoms with Crippen LogP contribution < -0.4 is 5.32 Å². The third kappa shape index (κ3) is 3.33. The molecule has 0 fully saturated rings. The fraction of sp³-hybridized carbons (Fsp3) is 0.125. The second-order valence-electron chi connectivity index (χ2n) is 2.34. The van der Waals surface area contributed by atoms with Crippen molar-refractivity contribution >= 4 is 17.0 Å². The van der Waals surface area contributed by atoms with Gasteiger partial charge in [-0.25, -0.2) is 0 Å². The maximum atomic E-state index is 11.1. The summed E-state index contributed by atoms with van der Waals surface area (Å²) in [5.74, 6) is -0.299. The van der Waals surface area contributed by atoms with Crippen molar-refractivity contribution in [3.8, 4) is 0 Å². The number of amides is 1. The van der Waals surface area contributed by atoms with Crippen LogP contribution in [0.15, 0.2) is 29.2 Å². The molecule has 0 saturated carbocycles. The largest absolute Gasteiger partial charge is 0.768 e. The van der Waals surface area contributed by atoms with E-state index in [0.29, 0.717) is 5.56 Å². The fourth-order valence-electron chi connectivity index (χ4n) is 0.885. The molecule has 1 unspecified atom stereocenters. The first kappa shape index (κ1) is 13.5. The van der Waals surface area contributed by atoms with Gasteiger partial charge in [-0.05, 0) is 29.3 Å². The molecule has 0 aliphatic heterocycles. The van der Waals surface area contributed by atoms with E-state index in [4.69, 9.17) is 0 Å². The van der Waals surface area contributed by atoms with Crippen LogP contribution in [0.25, 0.3) is 0 Å². The Bertz CT molecular complexity index is 356. The molecule has 0 aromatic heterocycles. The summed E-state index contributed by atoms with van der Waals surface area (Å²) in [4.78, 5) is 11.2. The zero-order chi connectivity index (χ0) is 9.84. The number of hydrogen-bond donors (Lipinski definition) is 1. The normalized spacial score (nSPS) is 11.3. The molecule has 14 heavy (non-hydrogen) atoms. The zero-order valence-electron chi connectivity index (χ0n) is 7.35. The van der Waals surface area contributed by atoms with Gasteiger partial charge in [0.25, 0.3) is 5.91 Å². The number of carbonyl (C=O) groups excluding carboxylic acids is 1. The predicted octanol–water partition coefficient (Wildman–Crippen LogP) is 0.282. The molecule has 1 aromatic carbocycles. The van der Waals surface area contributed by atoms with Gasteiger partial charge in [0, 0.05) is 38.6 Å². The van der Waals surface area contributed by atoms with Crippen molar-refractivity contribution < 1.29 is 34.6 Å². The van der Waals surface area contributed by atoms with Crippen LogP contribution in [0.4, 0.5) is 0 Å². The third-order valence-corrected chi connectivity index (χ3v) is 2.15. The first-order valence-electron chi connectivity index (χ1n) is 3.56. The summed E-state index contributed by atoms with van der Waals surface area (Å²) >= 11 is -2.29. The number of rotatable bonds is 2. The minimum atomic E-state index is -2.29. The molecule has 0 aliphatic rings. The molecule has 0 aliphatic carbocycles. The summed E-state index contributed by atoms with van der Waals surface area (Å²) in [6, 6.07) is 5.82. The molecule has 4 nitrogen and oxygen atoms in total. The Morgan fingerprint density at radius 3 is 2.64 bits per heavy atom. The molecule has 76 valence electrons. The van der Waals surface area contributed by atoms with Gasteiger partial charge >= 0.3 is 0 Å². The van der Waals surface area contributed by atoms with Crippen LogP contribution in [0.2, 0.25) is 0 Å². The molecule has 0 bridgehead atoms. The molecule has 1 rings (SSSR count). The molecule has 6 heteroatoms. The first-order valence-corrected chi connectivity index (χ1v) is 4.64. The molecular weight excluding hydrogens is 374 g/mol. The van der Waals surface area contributed by atoms with Gasteiger partial charge in [0.2, 0.25) is 0 Å². The van der Waals surface area contributed by atoms with Crippen molar-refractivity contribution in [3.63, 3.8) is 0 Å². The molecule has 0 spiro atoms. The molecule has 0 heterocycles. The minimum Gasteiger partial charge on any atom is -0.768 e. The van der Waals surface area contributed by atoms with E-state index >= 15 is 0 Å². The van der Waals surface area contributed by atoms with Crippen LogP contribution >= 0.6 is 0 Å². The number of carbonyl (C=O) groups is 1. The average Bonchev–Trinajstić information content (AvgIpc) is 2.17. The van der Waals surface area contributed by atoms with Gasteiger partial charge in [-0.1, -0.05) is 6.07 Å². The Morgan fingerprint density at radius 1 is 1.50 bits per heavy atom. The smallest absolute Gasteiger partial charge is 0.251 e. The molecule has 0 radical (unpaired) electrons. The summed E-state index contributed by atoms with van der Waals surface area (Å²) in [5, 5.41) is 2.41. The maximum Gasteiger partial charge on any atom is 0.251 e. The van der Waals surface area contributed by atoms with Crippen LogP contribution in [0.1, 0.15) is 10.4 Å². The Hall–Kier alpha value is -0.512. The van der Waals surface area contributed by atoms with E-state index in [2.05, 4.69) is 5.32 Å². The predicted molar refractivity (Wildman–Crippen MR) is 47.0 cm³/mol. The molecule has 1 aromatic rings. The maximum absolute atomic E-state index is 11.1. The molecular formula is C8H8NO3SW-. The van der Waals surface area contributed by atoms with Crippen molar-refractivity contribution in [1.29, 1.82) is 0 Å². The minimum absolute atomic E-state index is 0. The summed E-state index contributed by atoms with van der Waals surface area (Å²) in [5.41, 5.74) is 0.337. The first-order chi connectivity index (χ1) is 6.15. The van der Waals surface area contributed by atoms with Gasteiger partial charge in [0.05, 0.1) is 0 Å². The zero-order valence-corrected chi connectivity index (χ0v) is 11.1. The van der Waals surface area contributed by atoms with Crippen molar-refractivity contribution in [3.05, 3.63) is 29.8 Å². The van der Waals surface area contributed by atoms with Crippen molar-refractivity contribution in [2.24, 2.45) is 0 Å².